The Bertz CT molecular complexity index is 995. The van der Waals surface area contributed by atoms with Gasteiger partial charge in [-0.25, -0.2) is 0 Å². The number of ether oxygens (including phenoxy) is 1. The summed E-state index contributed by atoms with van der Waals surface area (Å²) in [6.07, 6.45) is 0. The number of benzene rings is 2. The highest BCUT2D eigenvalue weighted by molar-refractivity contribution is 7.85. The van der Waals surface area contributed by atoms with Crippen molar-refractivity contribution in [3.8, 4) is 5.75 Å². The third-order valence-electron chi connectivity index (χ3n) is 3.77. The molecule has 1 N–H and O–H groups in total. The molecule has 3 rings (SSSR count). The van der Waals surface area contributed by atoms with Crippen molar-refractivity contribution < 1.29 is 17.7 Å². The number of hydrogen-bond acceptors (Lipinski definition) is 4. The van der Waals surface area contributed by atoms with Gasteiger partial charge in [-0.1, -0.05) is 18.2 Å². The first kappa shape index (κ1) is 16.4. The zero-order chi connectivity index (χ0) is 17.3. The van der Waals surface area contributed by atoms with Crippen molar-refractivity contribution in [1.29, 1.82) is 0 Å². The molecule has 0 radical (unpaired) electrons. The van der Waals surface area contributed by atoms with E-state index in [0.717, 1.165) is 27.7 Å². The van der Waals surface area contributed by atoms with E-state index in [1.54, 1.807) is 0 Å². The second-order valence-corrected chi connectivity index (χ2v) is 7.05. The topological polar surface area (TPSA) is 76.5 Å². The van der Waals surface area contributed by atoms with Crippen molar-refractivity contribution >= 4 is 21.0 Å². The maximum absolute atomic E-state index is 11.0. The minimum Gasteiger partial charge on any atom is -0.489 e. The molecule has 0 aliphatic heterocycles. The third-order valence-corrected chi connectivity index (χ3v) is 4.64. The predicted octanol–water partition coefficient (Wildman–Crippen LogP) is 3.68. The molecule has 0 fully saturated rings. The summed E-state index contributed by atoms with van der Waals surface area (Å²) in [5.74, 6) is 0.526. The molecule has 0 spiro atoms. The van der Waals surface area contributed by atoms with Crippen molar-refractivity contribution in [3.05, 3.63) is 65.4 Å². The minimum absolute atomic E-state index is 0.157. The second kappa shape index (κ2) is 6.22. The molecule has 124 valence electrons. The summed E-state index contributed by atoms with van der Waals surface area (Å²) >= 11 is 0. The molecule has 0 aliphatic carbocycles. The summed E-state index contributed by atoms with van der Waals surface area (Å²) < 4.78 is 36.8. The van der Waals surface area contributed by atoms with Gasteiger partial charge in [-0.05, 0) is 49.7 Å². The molecular formula is C18H17NO4S. The van der Waals surface area contributed by atoms with Gasteiger partial charge in [0.15, 0.2) is 0 Å². The molecule has 0 saturated heterocycles. The summed E-state index contributed by atoms with van der Waals surface area (Å²) in [6.45, 7) is 4.30. The Hall–Kier alpha value is -2.44. The van der Waals surface area contributed by atoms with Crippen LogP contribution in [-0.2, 0) is 16.7 Å². The normalized spacial score (nSPS) is 11.6. The van der Waals surface area contributed by atoms with Gasteiger partial charge in [0.1, 0.15) is 12.4 Å². The predicted molar refractivity (Wildman–Crippen MR) is 91.8 cm³/mol. The van der Waals surface area contributed by atoms with Crippen molar-refractivity contribution in [2.45, 2.75) is 25.3 Å². The van der Waals surface area contributed by atoms with E-state index in [0.29, 0.717) is 12.4 Å². The Morgan fingerprint density at radius 1 is 1.08 bits per heavy atom. The van der Waals surface area contributed by atoms with Gasteiger partial charge >= 0.3 is 0 Å². The fourth-order valence-electron chi connectivity index (χ4n) is 2.59. The standard InChI is InChI=1S/C18H17NO4S/c1-12-4-3-5-17-14(10-13(2)19-18(12)17)11-23-15-6-8-16(9-7-15)24(20,21)22/h3-10H,11H2,1-2H3,(H,20,21,22). The summed E-state index contributed by atoms with van der Waals surface area (Å²) in [4.78, 5) is 4.42. The lowest BCUT2D eigenvalue weighted by Gasteiger charge is -2.11. The van der Waals surface area contributed by atoms with E-state index in [-0.39, 0.29) is 4.90 Å². The van der Waals surface area contributed by atoms with Crippen molar-refractivity contribution in [3.63, 3.8) is 0 Å². The fraction of sp³-hybridized carbons (Fsp3) is 0.167. The minimum atomic E-state index is -4.19. The molecule has 24 heavy (non-hydrogen) atoms. The lowest BCUT2D eigenvalue weighted by molar-refractivity contribution is 0.307. The molecule has 0 aliphatic rings. The summed E-state index contributed by atoms with van der Waals surface area (Å²) in [7, 11) is -4.19. The van der Waals surface area contributed by atoms with E-state index < -0.39 is 10.1 Å². The number of rotatable bonds is 4. The van der Waals surface area contributed by atoms with E-state index >= 15 is 0 Å². The number of aryl methyl sites for hydroxylation is 2. The summed E-state index contributed by atoms with van der Waals surface area (Å²) in [5, 5.41) is 1.04. The van der Waals surface area contributed by atoms with E-state index in [1.807, 2.05) is 38.1 Å². The fourth-order valence-corrected chi connectivity index (χ4v) is 3.07. The molecule has 1 heterocycles. The molecule has 6 heteroatoms. The van der Waals surface area contributed by atoms with Gasteiger partial charge in [-0.2, -0.15) is 8.42 Å². The number of fused-ring (bicyclic) bond motifs is 1. The van der Waals surface area contributed by atoms with Gasteiger partial charge in [0.2, 0.25) is 0 Å². The zero-order valence-electron chi connectivity index (χ0n) is 13.4. The number of para-hydroxylation sites is 1. The molecule has 0 saturated carbocycles. The average molecular weight is 343 g/mol. The van der Waals surface area contributed by atoms with Gasteiger partial charge < -0.3 is 4.74 Å². The summed E-state index contributed by atoms with van der Waals surface area (Å²) in [6, 6.07) is 13.7. The molecular weight excluding hydrogens is 326 g/mol. The highest BCUT2D eigenvalue weighted by Gasteiger charge is 2.10. The van der Waals surface area contributed by atoms with Gasteiger partial charge in [-0.15, -0.1) is 0 Å². The van der Waals surface area contributed by atoms with Crippen LogP contribution in [0.5, 0.6) is 5.75 Å². The van der Waals surface area contributed by atoms with Crippen LogP contribution in [0.25, 0.3) is 10.9 Å². The first-order valence-corrected chi connectivity index (χ1v) is 8.85. The number of aromatic nitrogens is 1. The zero-order valence-corrected chi connectivity index (χ0v) is 14.2. The molecule has 0 unspecified atom stereocenters. The molecule has 0 atom stereocenters. The smallest absolute Gasteiger partial charge is 0.294 e. The van der Waals surface area contributed by atoms with Crippen LogP contribution in [-0.4, -0.2) is 18.0 Å². The Morgan fingerprint density at radius 2 is 1.79 bits per heavy atom. The van der Waals surface area contributed by atoms with E-state index in [1.165, 1.54) is 24.3 Å². The van der Waals surface area contributed by atoms with Crippen LogP contribution in [0.2, 0.25) is 0 Å². The Morgan fingerprint density at radius 3 is 2.46 bits per heavy atom. The highest BCUT2D eigenvalue weighted by Crippen LogP contribution is 2.23. The Labute approximate surface area is 140 Å². The van der Waals surface area contributed by atoms with Crippen molar-refractivity contribution in [2.24, 2.45) is 0 Å². The van der Waals surface area contributed by atoms with E-state index in [9.17, 15) is 8.42 Å². The van der Waals surface area contributed by atoms with Crippen molar-refractivity contribution in [1.82, 2.24) is 4.98 Å². The van der Waals surface area contributed by atoms with Crippen LogP contribution in [0.15, 0.2) is 53.4 Å². The molecule has 0 amide bonds. The number of nitrogens with zero attached hydrogens (tertiary/aromatic N) is 1. The highest BCUT2D eigenvalue weighted by atomic mass is 32.2. The van der Waals surface area contributed by atoms with E-state index in [4.69, 9.17) is 9.29 Å². The van der Waals surface area contributed by atoms with Crippen LogP contribution >= 0.6 is 0 Å². The maximum Gasteiger partial charge on any atom is 0.294 e. The lowest BCUT2D eigenvalue weighted by Crippen LogP contribution is -2.01. The van der Waals surface area contributed by atoms with Gasteiger partial charge in [0.05, 0.1) is 10.4 Å². The molecule has 0 bridgehead atoms. The first-order chi connectivity index (χ1) is 11.3. The quantitative estimate of drug-likeness (QED) is 0.731. The lowest BCUT2D eigenvalue weighted by atomic mass is 10.1. The molecule has 5 nitrogen and oxygen atoms in total. The van der Waals surface area contributed by atoms with E-state index in [2.05, 4.69) is 4.98 Å². The Kier molecular flexibility index (Phi) is 4.26. The number of pyridine rings is 1. The first-order valence-electron chi connectivity index (χ1n) is 7.41. The van der Waals surface area contributed by atoms with Gasteiger partial charge in [0.25, 0.3) is 10.1 Å². The third kappa shape index (κ3) is 3.39. The SMILES string of the molecule is Cc1cc(COc2ccc(S(=O)(=O)O)cc2)c2cccc(C)c2n1. The Balaban J connectivity index is 1.87. The van der Waals surface area contributed by atoms with Crippen LogP contribution in [0, 0.1) is 13.8 Å². The largest absolute Gasteiger partial charge is 0.489 e. The molecule has 1 aromatic heterocycles. The van der Waals surface area contributed by atoms with Crippen LogP contribution in [0.1, 0.15) is 16.8 Å². The summed E-state index contributed by atoms with van der Waals surface area (Å²) in [5.41, 5.74) is 3.99. The van der Waals surface area contributed by atoms with Crippen LogP contribution < -0.4 is 4.74 Å². The monoisotopic (exact) mass is 343 g/mol. The second-order valence-electron chi connectivity index (χ2n) is 5.63. The molecule has 3 aromatic rings. The number of hydrogen-bond donors (Lipinski definition) is 1. The molecule has 2 aromatic carbocycles. The van der Waals surface area contributed by atoms with Gasteiger partial charge in [-0.3, -0.25) is 9.54 Å². The average Bonchev–Trinajstić information content (AvgIpc) is 2.53. The van der Waals surface area contributed by atoms with Crippen LogP contribution in [0.4, 0.5) is 0 Å². The van der Waals surface area contributed by atoms with Gasteiger partial charge in [0, 0.05) is 16.6 Å². The van der Waals surface area contributed by atoms with Crippen LogP contribution in [0.3, 0.4) is 0 Å². The van der Waals surface area contributed by atoms with Crippen molar-refractivity contribution in [2.75, 3.05) is 0 Å². The maximum atomic E-state index is 11.0.